The normalized spacial score (nSPS) is 11.9. The van der Waals surface area contributed by atoms with Gasteiger partial charge in [-0.15, -0.1) is 0 Å². The summed E-state index contributed by atoms with van der Waals surface area (Å²) in [4.78, 5) is 5.26. The Morgan fingerprint density at radius 1 is 0.810 bits per heavy atom. The van der Waals surface area contributed by atoms with Gasteiger partial charge in [0.25, 0.3) is 0 Å². The first-order chi connectivity index (χ1) is 10.1. The topological polar surface area (TPSA) is 6.48 Å². The van der Waals surface area contributed by atoms with Crippen molar-refractivity contribution >= 4 is 21.4 Å². The van der Waals surface area contributed by atoms with Crippen molar-refractivity contribution in [3.63, 3.8) is 0 Å². The molecule has 0 aromatic carbocycles. The maximum absolute atomic E-state index is 2.64. The standard InChI is InChI=1S/2C8H18N.C2H5.In/c1-5-7-9(6-2)8(3)4;1-4-7-9(6-3)8-5-2;1-2;/h8H,1,5-7H2,2-4H3;1,4-8H2,2-3H3;1H2,2H3;. The zero-order valence-electron chi connectivity index (χ0n) is 15.8. The van der Waals surface area contributed by atoms with Crippen LogP contribution in [0, 0.1) is 0 Å². The van der Waals surface area contributed by atoms with Gasteiger partial charge in [0.15, 0.2) is 0 Å². The molecular weight excluding hydrogens is 359 g/mol. The fourth-order valence-corrected chi connectivity index (χ4v) is 10.8. The molecule has 0 aromatic heterocycles. The van der Waals surface area contributed by atoms with Gasteiger partial charge in [-0.1, -0.05) is 0 Å². The van der Waals surface area contributed by atoms with Crippen LogP contribution in [-0.4, -0.2) is 70.0 Å². The molecule has 3 heteroatoms. The summed E-state index contributed by atoms with van der Waals surface area (Å²) in [5, 5.41) is 0. The van der Waals surface area contributed by atoms with Gasteiger partial charge in [0.05, 0.1) is 0 Å². The molecule has 0 saturated heterocycles. The second kappa shape index (κ2) is 14.4. The van der Waals surface area contributed by atoms with Crippen molar-refractivity contribution in [3.8, 4) is 0 Å². The van der Waals surface area contributed by atoms with Crippen molar-refractivity contribution in [2.45, 2.75) is 79.4 Å². The Balaban J connectivity index is 3.84. The number of hydrogen-bond acceptors (Lipinski definition) is 2. The van der Waals surface area contributed by atoms with Crippen LogP contribution in [0.25, 0.3) is 0 Å². The minimum absolute atomic E-state index is 0.720. The first-order valence-corrected chi connectivity index (χ1v) is 16.5. The molecule has 0 aliphatic rings. The summed E-state index contributed by atoms with van der Waals surface area (Å²) in [5.41, 5.74) is 0. The second-order valence-corrected chi connectivity index (χ2v) is 17.3. The van der Waals surface area contributed by atoms with Crippen molar-refractivity contribution in [1.29, 1.82) is 0 Å². The molecule has 0 atom stereocenters. The van der Waals surface area contributed by atoms with Crippen molar-refractivity contribution in [1.82, 2.24) is 9.80 Å². The molecule has 0 N–H and O–H groups in total. The predicted molar refractivity (Wildman–Crippen MR) is 99.9 cm³/mol. The van der Waals surface area contributed by atoms with Crippen molar-refractivity contribution < 1.29 is 0 Å². The van der Waals surface area contributed by atoms with Crippen molar-refractivity contribution in [3.05, 3.63) is 0 Å². The van der Waals surface area contributed by atoms with Crippen LogP contribution in [0.4, 0.5) is 0 Å². The first-order valence-electron chi connectivity index (χ1n) is 9.55. The summed E-state index contributed by atoms with van der Waals surface area (Å²) < 4.78 is 4.82. The zero-order valence-corrected chi connectivity index (χ0v) is 19.1. The van der Waals surface area contributed by atoms with Gasteiger partial charge < -0.3 is 0 Å². The molecule has 21 heavy (non-hydrogen) atoms. The van der Waals surface area contributed by atoms with Gasteiger partial charge in [0.1, 0.15) is 0 Å². The van der Waals surface area contributed by atoms with E-state index >= 15 is 0 Å². The Hall–Kier alpha value is 0.790. The molecule has 0 fully saturated rings. The van der Waals surface area contributed by atoms with Crippen LogP contribution >= 0.6 is 0 Å². The van der Waals surface area contributed by atoms with Gasteiger partial charge >= 0.3 is 143 Å². The van der Waals surface area contributed by atoms with Gasteiger partial charge in [0.2, 0.25) is 0 Å². The average Bonchev–Trinajstić information content (AvgIpc) is 2.48. The second-order valence-electron chi connectivity index (χ2n) is 6.72. The summed E-state index contributed by atoms with van der Waals surface area (Å²) in [7, 11) is 0. The van der Waals surface area contributed by atoms with Gasteiger partial charge in [-0.2, -0.15) is 0 Å². The Morgan fingerprint density at radius 2 is 1.43 bits per heavy atom. The van der Waals surface area contributed by atoms with Gasteiger partial charge in [-0.3, -0.25) is 0 Å². The number of hydrogen-bond donors (Lipinski definition) is 0. The SMILES string of the molecule is CCCN(CC)CC[CH2][In]([CH2]C)[CH2]CCN(CC)C(C)C. The minimum atomic E-state index is -1.17. The maximum atomic E-state index is 2.64. The van der Waals surface area contributed by atoms with E-state index in [-0.39, 0.29) is 0 Å². The molecule has 0 saturated carbocycles. The molecule has 0 aliphatic heterocycles. The molecule has 0 bridgehead atoms. The van der Waals surface area contributed by atoms with Crippen LogP contribution in [0.2, 0.25) is 12.5 Å². The quantitative estimate of drug-likeness (QED) is 0.416. The van der Waals surface area contributed by atoms with Crippen LogP contribution in [0.3, 0.4) is 0 Å². The Morgan fingerprint density at radius 3 is 1.86 bits per heavy atom. The van der Waals surface area contributed by atoms with E-state index in [0.717, 1.165) is 6.04 Å². The van der Waals surface area contributed by atoms with Crippen molar-refractivity contribution in [2.24, 2.45) is 0 Å². The van der Waals surface area contributed by atoms with Crippen LogP contribution in [0.5, 0.6) is 0 Å². The van der Waals surface area contributed by atoms with E-state index in [1.54, 1.807) is 12.5 Å². The molecule has 0 unspecified atom stereocenters. The monoisotopic (exact) mass is 400 g/mol. The van der Waals surface area contributed by atoms with Crippen LogP contribution in [-0.2, 0) is 0 Å². The molecule has 126 valence electrons. The molecule has 0 radical (unpaired) electrons. The Bertz CT molecular complexity index is 221. The van der Waals surface area contributed by atoms with Crippen LogP contribution < -0.4 is 0 Å². The Kier molecular flexibility index (Phi) is 14.9. The van der Waals surface area contributed by atoms with Crippen molar-refractivity contribution in [2.75, 3.05) is 32.7 Å². The first kappa shape index (κ1) is 21.8. The van der Waals surface area contributed by atoms with E-state index in [0.29, 0.717) is 0 Å². The number of rotatable bonds is 14. The summed E-state index contributed by atoms with van der Waals surface area (Å²) in [6.45, 7) is 20.5. The molecule has 0 heterocycles. The van der Waals surface area contributed by atoms with E-state index in [2.05, 4.69) is 51.3 Å². The number of nitrogens with zero attached hydrogens (tertiary/aromatic N) is 2. The van der Waals surface area contributed by atoms with Gasteiger partial charge in [-0.25, -0.2) is 0 Å². The molecule has 0 rings (SSSR count). The molecule has 0 aromatic rings. The molecule has 2 nitrogen and oxygen atoms in total. The molecule has 0 amide bonds. The van der Waals surface area contributed by atoms with E-state index in [1.165, 1.54) is 52.0 Å². The van der Waals surface area contributed by atoms with Crippen LogP contribution in [0.15, 0.2) is 0 Å². The van der Waals surface area contributed by atoms with E-state index in [9.17, 15) is 0 Å². The third kappa shape index (κ3) is 11.0. The average molecular weight is 400 g/mol. The fraction of sp³-hybridized carbons (Fsp3) is 1.00. The summed E-state index contributed by atoms with van der Waals surface area (Å²) in [6.07, 6.45) is 4.24. The van der Waals surface area contributed by atoms with E-state index in [4.69, 9.17) is 0 Å². The summed E-state index contributed by atoms with van der Waals surface area (Å²) in [6, 6.07) is 0.720. The fourth-order valence-electron chi connectivity index (χ4n) is 3.26. The van der Waals surface area contributed by atoms with Gasteiger partial charge in [-0.05, 0) is 0 Å². The third-order valence-electron chi connectivity index (χ3n) is 4.85. The van der Waals surface area contributed by atoms with E-state index in [1.807, 2.05) is 0 Å². The van der Waals surface area contributed by atoms with Crippen LogP contribution in [0.1, 0.15) is 60.8 Å². The molecule has 0 spiro atoms. The summed E-state index contributed by atoms with van der Waals surface area (Å²) >= 11 is -1.17. The van der Waals surface area contributed by atoms with E-state index < -0.39 is 21.4 Å². The van der Waals surface area contributed by atoms with Gasteiger partial charge in [0, 0.05) is 0 Å². The zero-order chi connectivity index (χ0) is 16.1. The molecular formula is C18H41InN2. The third-order valence-corrected chi connectivity index (χ3v) is 15.1. The predicted octanol–water partition coefficient (Wildman–Crippen LogP) is 4.74. The Labute approximate surface area is 143 Å². The molecule has 0 aliphatic carbocycles. The summed E-state index contributed by atoms with van der Waals surface area (Å²) in [5.74, 6) is 0.